The fraction of sp³-hybridized carbons (Fsp3) is 0.0769. The standard InChI is InChI=1S/C13H7ClF4N2O/c14-9-6-19-4-3-8(9)12(21)20-11-5-7(13(16,17)18)1-2-10(11)15/h1-6H,(H,20,21). The van der Waals surface area contributed by atoms with Crippen molar-refractivity contribution in [2.45, 2.75) is 6.18 Å². The van der Waals surface area contributed by atoms with Gasteiger partial charge in [0.15, 0.2) is 0 Å². The molecule has 21 heavy (non-hydrogen) atoms. The first-order valence-electron chi connectivity index (χ1n) is 5.56. The molecule has 0 saturated carbocycles. The van der Waals surface area contributed by atoms with Gasteiger partial charge in [-0.2, -0.15) is 13.2 Å². The molecule has 1 aromatic heterocycles. The van der Waals surface area contributed by atoms with E-state index in [4.69, 9.17) is 11.6 Å². The highest BCUT2D eigenvalue weighted by atomic mass is 35.5. The molecular weight excluding hydrogens is 312 g/mol. The summed E-state index contributed by atoms with van der Waals surface area (Å²) in [5, 5.41) is 2.06. The van der Waals surface area contributed by atoms with Gasteiger partial charge in [-0.25, -0.2) is 4.39 Å². The van der Waals surface area contributed by atoms with Crippen LogP contribution in [0, 0.1) is 5.82 Å². The smallest absolute Gasteiger partial charge is 0.319 e. The van der Waals surface area contributed by atoms with Gasteiger partial charge in [0, 0.05) is 12.4 Å². The Bertz CT molecular complexity index is 688. The lowest BCUT2D eigenvalue weighted by atomic mass is 10.1. The number of halogens is 5. The van der Waals surface area contributed by atoms with Crippen LogP contribution in [-0.4, -0.2) is 10.9 Å². The molecule has 1 heterocycles. The number of benzene rings is 1. The van der Waals surface area contributed by atoms with Crippen LogP contribution in [0.5, 0.6) is 0 Å². The van der Waals surface area contributed by atoms with E-state index < -0.39 is 29.2 Å². The van der Waals surface area contributed by atoms with Crippen molar-refractivity contribution >= 4 is 23.2 Å². The average Bonchev–Trinajstić information content (AvgIpc) is 2.40. The largest absolute Gasteiger partial charge is 0.416 e. The van der Waals surface area contributed by atoms with Crippen LogP contribution in [0.25, 0.3) is 0 Å². The van der Waals surface area contributed by atoms with Crippen molar-refractivity contribution in [3.8, 4) is 0 Å². The Balaban J connectivity index is 2.31. The summed E-state index contributed by atoms with van der Waals surface area (Å²) < 4.78 is 51.2. The van der Waals surface area contributed by atoms with Gasteiger partial charge in [0.05, 0.1) is 21.8 Å². The van der Waals surface area contributed by atoms with Crippen molar-refractivity contribution in [1.82, 2.24) is 4.98 Å². The van der Waals surface area contributed by atoms with Crippen molar-refractivity contribution in [1.29, 1.82) is 0 Å². The Morgan fingerprint density at radius 2 is 1.95 bits per heavy atom. The van der Waals surface area contributed by atoms with Gasteiger partial charge in [0.1, 0.15) is 5.82 Å². The lowest BCUT2D eigenvalue weighted by molar-refractivity contribution is -0.137. The molecule has 0 atom stereocenters. The summed E-state index contributed by atoms with van der Waals surface area (Å²) in [5.74, 6) is -1.82. The third-order valence-electron chi connectivity index (χ3n) is 2.56. The maximum Gasteiger partial charge on any atom is 0.416 e. The molecule has 1 amide bonds. The van der Waals surface area contributed by atoms with Crippen molar-refractivity contribution < 1.29 is 22.4 Å². The highest BCUT2D eigenvalue weighted by Crippen LogP contribution is 2.32. The van der Waals surface area contributed by atoms with E-state index in [-0.39, 0.29) is 10.6 Å². The van der Waals surface area contributed by atoms with Crippen LogP contribution in [-0.2, 0) is 6.18 Å². The fourth-order valence-electron chi connectivity index (χ4n) is 1.55. The SMILES string of the molecule is O=C(Nc1cc(C(F)(F)F)ccc1F)c1ccncc1Cl. The molecule has 0 saturated heterocycles. The second-order valence-electron chi connectivity index (χ2n) is 4.00. The monoisotopic (exact) mass is 318 g/mol. The number of nitrogens with one attached hydrogen (secondary N) is 1. The molecule has 0 aliphatic rings. The Hall–Kier alpha value is -2.15. The second-order valence-corrected chi connectivity index (χ2v) is 4.41. The number of hydrogen-bond donors (Lipinski definition) is 1. The number of amides is 1. The van der Waals surface area contributed by atoms with Crippen LogP contribution < -0.4 is 5.32 Å². The predicted molar refractivity (Wildman–Crippen MR) is 68.6 cm³/mol. The summed E-state index contributed by atoms with van der Waals surface area (Å²) in [4.78, 5) is 15.5. The van der Waals surface area contributed by atoms with Crippen LogP contribution in [0.3, 0.4) is 0 Å². The van der Waals surface area contributed by atoms with Crippen molar-refractivity contribution in [3.05, 3.63) is 58.6 Å². The van der Waals surface area contributed by atoms with Crippen LogP contribution in [0.4, 0.5) is 23.2 Å². The normalized spacial score (nSPS) is 11.3. The number of nitrogens with zero attached hydrogens (tertiary/aromatic N) is 1. The fourth-order valence-corrected chi connectivity index (χ4v) is 1.75. The van der Waals surface area contributed by atoms with E-state index in [1.165, 1.54) is 18.5 Å². The number of carbonyl (C=O) groups is 1. The molecule has 0 unspecified atom stereocenters. The maximum atomic E-state index is 13.5. The van der Waals surface area contributed by atoms with E-state index in [0.717, 1.165) is 0 Å². The van der Waals surface area contributed by atoms with Gasteiger partial charge in [0.2, 0.25) is 0 Å². The van der Waals surface area contributed by atoms with Gasteiger partial charge in [-0.05, 0) is 24.3 Å². The zero-order valence-electron chi connectivity index (χ0n) is 10.2. The third-order valence-corrected chi connectivity index (χ3v) is 2.86. The van der Waals surface area contributed by atoms with Gasteiger partial charge >= 0.3 is 6.18 Å². The first-order valence-corrected chi connectivity index (χ1v) is 5.94. The zero-order valence-corrected chi connectivity index (χ0v) is 11.0. The van der Waals surface area contributed by atoms with E-state index in [1.807, 2.05) is 0 Å². The molecule has 0 fully saturated rings. The first-order chi connectivity index (χ1) is 9.79. The Kier molecular flexibility index (Phi) is 4.13. The maximum absolute atomic E-state index is 13.5. The highest BCUT2D eigenvalue weighted by molar-refractivity contribution is 6.34. The molecule has 0 bridgehead atoms. The summed E-state index contributed by atoms with van der Waals surface area (Å²) in [6, 6.07) is 3.00. The summed E-state index contributed by atoms with van der Waals surface area (Å²) in [6.07, 6.45) is -2.16. The Morgan fingerprint density at radius 3 is 2.57 bits per heavy atom. The average molecular weight is 319 g/mol. The molecule has 0 spiro atoms. The number of rotatable bonds is 2. The van der Waals surface area contributed by atoms with Gasteiger partial charge < -0.3 is 5.32 Å². The number of anilines is 1. The molecule has 0 aliphatic heterocycles. The summed E-state index contributed by atoms with van der Waals surface area (Å²) >= 11 is 5.73. The van der Waals surface area contributed by atoms with Gasteiger partial charge in [-0.15, -0.1) is 0 Å². The highest BCUT2D eigenvalue weighted by Gasteiger charge is 2.31. The molecule has 8 heteroatoms. The topological polar surface area (TPSA) is 42.0 Å². The summed E-state index contributed by atoms with van der Waals surface area (Å²) in [7, 11) is 0. The van der Waals surface area contributed by atoms with Gasteiger partial charge in [0.25, 0.3) is 5.91 Å². The van der Waals surface area contributed by atoms with Crippen LogP contribution in [0.2, 0.25) is 5.02 Å². The predicted octanol–water partition coefficient (Wildman–Crippen LogP) is 4.15. The molecule has 2 rings (SSSR count). The number of hydrogen-bond acceptors (Lipinski definition) is 2. The minimum Gasteiger partial charge on any atom is -0.319 e. The number of pyridine rings is 1. The number of alkyl halides is 3. The van der Waals surface area contributed by atoms with Crippen LogP contribution in [0.1, 0.15) is 15.9 Å². The number of aromatic nitrogens is 1. The van der Waals surface area contributed by atoms with Crippen molar-refractivity contribution in [2.75, 3.05) is 5.32 Å². The minimum atomic E-state index is -4.64. The molecule has 1 aromatic carbocycles. The Morgan fingerprint density at radius 1 is 1.24 bits per heavy atom. The van der Waals surface area contributed by atoms with E-state index in [0.29, 0.717) is 18.2 Å². The lowest BCUT2D eigenvalue weighted by Gasteiger charge is -2.11. The minimum absolute atomic E-state index is 0.00221. The molecular formula is C13H7ClF4N2O. The summed E-state index contributed by atoms with van der Waals surface area (Å²) in [5.41, 5.74) is -1.67. The van der Waals surface area contributed by atoms with E-state index in [9.17, 15) is 22.4 Å². The van der Waals surface area contributed by atoms with E-state index >= 15 is 0 Å². The molecule has 3 nitrogen and oxygen atoms in total. The lowest BCUT2D eigenvalue weighted by Crippen LogP contribution is -2.15. The molecule has 2 aromatic rings. The summed E-state index contributed by atoms with van der Waals surface area (Å²) in [6.45, 7) is 0. The molecule has 0 aliphatic carbocycles. The molecule has 1 N–H and O–H groups in total. The van der Waals surface area contributed by atoms with Crippen molar-refractivity contribution in [2.24, 2.45) is 0 Å². The van der Waals surface area contributed by atoms with Crippen LogP contribution in [0.15, 0.2) is 36.7 Å². The first kappa shape index (κ1) is 15.2. The van der Waals surface area contributed by atoms with Gasteiger partial charge in [-0.3, -0.25) is 9.78 Å². The third kappa shape index (κ3) is 3.49. The van der Waals surface area contributed by atoms with Crippen molar-refractivity contribution in [3.63, 3.8) is 0 Å². The quantitative estimate of drug-likeness (QED) is 0.845. The number of carbonyl (C=O) groups excluding carboxylic acids is 1. The molecule has 110 valence electrons. The van der Waals surface area contributed by atoms with E-state index in [1.54, 1.807) is 0 Å². The van der Waals surface area contributed by atoms with E-state index in [2.05, 4.69) is 10.3 Å². The zero-order chi connectivity index (χ0) is 15.6. The van der Waals surface area contributed by atoms with Gasteiger partial charge in [-0.1, -0.05) is 11.6 Å². The second kappa shape index (κ2) is 5.69. The Labute approximate surface area is 121 Å². The van der Waals surface area contributed by atoms with Crippen LogP contribution >= 0.6 is 11.6 Å². The molecule has 0 radical (unpaired) electrons.